The van der Waals surface area contributed by atoms with Crippen molar-refractivity contribution >= 4 is 28.0 Å². The van der Waals surface area contributed by atoms with Crippen LogP contribution in [0.1, 0.15) is 16.7 Å². The predicted octanol–water partition coefficient (Wildman–Crippen LogP) is 4.74. The van der Waals surface area contributed by atoms with Gasteiger partial charge in [-0.1, -0.05) is 12.1 Å². The molecule has 0 fully saturated rings. The third-order valence-electron chi connectivity index (χ3n) is 5.53. The van der Waals surface area contributed by atoms with Crippen molar-refractivity contribution in [3.63, 3.8) is 0 Å². The van der Waals surface area contributed by atoms with Gasteiger partial charge < -0.3 is 24.5 Å². The maximum atomic E-state index is 11.2. The molecule has 0 bridgehead atoms. The van der Waals surface area contributed by atoms with E-state index in [0.29, 0.717) is 44.9 Å². The third kappa shape index (κ3) is 4.04. The summed E-state index contributed by atoms with van der Waals surface area (Å²) < 4.78 is 11.0. The molecule has 0 amide bonds. The molecular weight excluding hydrogens is 436 g/mol. The molecule has 0 aliphatic carbocycles. The fraction of sp³-hybridized carbons (Fsp3) is 0.160. The second-order valence-electron chi connectivity index (χ2n) is 8.27. The Morgan fingerprint density at radius 3 is 2.59 bits per heavy atom. The van der Waals surface area contributed by atoms with Gasteiger partial charge in [0.05, 0.1) is 27.4 Å². The lowest BCUT2D eigenvalue weighted by atomic mass is 10.00. The van der Waals surface area contributed by atoms with E-state index in [9.17, 15) is 15.2 Å². The highest BCUT2D eigenvalue weighted by Crippen LogP contribution is 2.37. The number of non-ortho nitro benzene ring substituents is 1. The van der Waals surface area contributed by atoms with Gasteiger partial charge in [-0.2, -0.15) is 0 Å². The Bertz CT molecular complexity index is 1420. The van der Waals surface area contributed by atoms with E-state index in [4.69, 9.17) is 14.5 Å². The number of nitrogens with zero attached hydrogens (tertiary/aromatic N) is 3. The van der Waals surface area contributed by atoms with E-state index >= 15 is 0 Å². The van der Waals surface area contributed by atoms with E-state index in [1.54, 1.807) is 12.1 Å². The number of fused-ring (bicyclic) bond motifs is 2. The predicted molar refractivity (Wildman–Crippen MR) is 128 cm³/mol. The van der Waals surface area contributed by atoms with E-state index < -0.39 is 4.92 Å². The topological polar surface area (TPSA) is 113 Å². The Morgan fingerprint density at radius 1 is 1.09 bits per heavy atom. The number of nitro groups is 1. The molecular formula is C25H22N4O5. The highest BCUT2D eigenvalue weighted by molar-refractivity contribution is 6.22. The number of hydrogen-bond donors (Lipinski definition) is 2. The van der Waals surface area contributed by atoms with Gasteiger partial charge in [-0.3, -0.25) is 10.1 Å². The molecule has 0 saturated heterocycles. The van der Waals surface area contributed by atoms with Crippen LogP contribution in [0, 0.1) is 10.1 Å². The summed E-state index contributed by atoms with van der Waals surface area (Å²) >= 11 is 0. The molecule has 172 valence electrons. The first kappa shape index (κ1) is 21.5. The van der Waals surface area contributed by atoms with E-state index in [1.807, 2.05) is 50.5 Å². The summed E-state index contributed by atoms with van der Waals surface area (Å²) in [5.41, 5.74) is 3.87. The van der Waals surface area contributed by atoms with Crippen LogP contribution in [-0.2, 0) is 6.54 Å². The van der Waals surface area contributed by atoms with Gasteiger partial charge in [-0.05, 0) is 56.1 Å². The molecule has 1 aliphatic rings. The lowest BCUT2D eigenvalue weighted by Gasteiger charge is -2.11. The number of rotatable bonds is 6. The number of aromatic hydroxyl groups is 1. The Kier molecular flexibility index (Phi) is 5.39. The number of aromatic amines is 1. The number of H-pyrrole nitrogens is 1. The van der Waals surface area contributed by atoms with Crippen molar-refractivity contribution in [1.82, 2.24) is 9.88 Å². The zero-order chi connectivity index (χ0) is 23.8. The summed E-state index contributed by atoms with van der Waals surface area (Å²) in [7, 11) is 4.02. The second kappa shape index (κ2) is 8.53. The van der Waals surface area contributed by atoms with E-state index in [0.717, 1.165) is 12.1 Å². The molecule has 34 heavy (non-hydrogen) atoms. The quantitative estimate of drug-likeness (QED) is 0.245. The number of ether oxygens (including phenoxy) is 2. The van der Waals surface area contributed by atoms with E-state index in [2.05, 4.69) is 9.88 Å². The number of aliphatic imine (C=N–C) groups is 1. The first-order valence-corrected chi connectivity index (χ1v) is 10.6. The number of aromatic nitrogens is 1. The Balaban J connectivity index is 1.67. The summed E-state index contributed by atoms with van der Waals surface area (Å²) in [4.78, 5) is 20.6. The monoisotopic (exact) mass is 458 g/mol. The smallest absolute Gasteiger partial charge is 0.271 e. The SMILES string of the molecule is CN(C)Cc1ccc(N=C(c2ccc3c(c2)OCO3)c2c(O)[nH]c3cc([N+](=O)[O-])ccc23)cc1. The molecule has 2 heterocycles. The lowest BCUT2D eigenvalue weighted by molar-refractivity contribution is -0.384. The molecule has 0 radical (unpaired) electrons. The van der Waals surface area contributed by atoms with Crippen molar-refractivity contribution in [2.24, 2.45) is 4.99 Å². The summed E-state index contributed by atoms with van der Waals surface area (Å²) in [6.45, 7) is 0.946. The van der Waals surface area contributed by atoms with Gasteiger partial charge in [-0.15, -0.1) is 0 Å². The van der Waals surface area contributed by atoms with Crippen molar-refractivity contribution in [2.45, 2.75) is 6.54 Å². The minimum atomic E-state index is -0.473. The molecule has 0 atom stereocenters. The Labute approximate surface area is 195 Å². The van der Waals surface area contributed by atoms with Gasteiger partial charge in [0.25, 0.3) is 5.69 Å². The number of nitrogens with one attached hydrogen (secondary N) is 1. The van der Waals surface area contributed by atoms with Gasteiger partial charge in [0.2, 0.25) is 6.79 Å². The highest BCUT2D eigenvalue weighted by Gasteiger charge is 2.23. The number of nitro benzene ring substituents is 1. The number of hydrogen-bond acceptors (Lipinski definition) is 7. The molecule has 9 nitrogen and oxygen atoms in total. The minimum absolute atomic E-state index is 0.0710. The van der Waals surface area contributed by atoms with Gasteiger partial charge in [0.15, 0.2) is 17.4 Å². The van der Waals surface area contributed by atoms with Crippen LogP contribution in [0.25, 0.3) is 10.9 Å². The second-order valence-corrected chi connectivity index (χ2v) is 8.27. The number of benzene rings is 3. The fourth-order valence-corrected chi connectivity index (χ4v) is 4.00. The molecule has 0 unspecified atom stereocenters. The van der Waals surface area contributed by atoms with Crippen molar-refractivity contribution < 1.29 is 19.5 Å². The third-order valence-corrected chi connectivity index (χ3v) is 5.53. The summed E-state index contributed by atoms with van der Waals surface area (Å²) in [6.07, 6.45) is 0. The van der Waals surface area contributed by atoms with Gasteiger partial charge in [0.1, 0.15) is 0 Å². The molecule has 5 rings (SSSR count). The van der Waals surface area contributed by atoms with Gasteiger partial charge in [-0.25, -0.2) is 4.99 Å². The van der Waals surface area contributed by atoms with Crippen molar-refractivity contribution in [2.75, 3.05) is 20.9 Å². The van der Waals surface area contributed by atoms with Crippen molar-refractivity contribution in [1.29, 1.82) is 0 Å². The standard InChI is InChI=1S/C25H22N4O5/c1-28(2)13-15-3-6-17(7-4-15)26-24(16-5-10-21-22(11-16)34-14-33-21)23-19-9-8-18(29(31)32)12-20(19)27-25(23)30/h3-12,27,30H,13-14H2,1-2H3. The van der Waals surface area contributed by atoms with Crippen LogP contribution in [0.15, 0.2) is 65.7 Å². The molecule has 1 aliphatic heterocycles. The largest absolute Gasteiger partial charge is 0.494 e. The first-order valence-electron chi connectivity index (χ1n) is 10.6. The van der Waals surface area contributed by atoms with Crippen LogP contribution in [0.4, 0.5) is 11.4 Å². The van der Waals surface area contributed by atoms with Crippen molar-refractivity contribution in [3.8, 4) is 17.4 Å². The normalized spacial score (nSPS) is 13.1. The maximum absolute atomic E-state index is 11.2. The fourth-order valence-electron chi connectivity index (χ4n) is 4.00. The van der Waals surface area contributed by atoms with Crippen molar-refractivity contribution in [3.05, 3.63) is 87.5 Å². The summed E-state index contributed by atoms with van der Waals surface area (Å²) in [5.74, 6) is 1.09. The van der Waals surface area contributed by atoms with E-state index in [1.165, 1.54) is 12.1 Å². The zero-order valence-electron chi connectivity index (χ0n) is 18.6. The van der Waals surface area contributed by atoms with Gasteiger partial charge >= 0.3 is 0 Å². The van der Waals surface area contributed by atoms with Gasteiger partial charge in [0, 0.05) is 29.6 Å². The maximum Gasteiger partial charge on any atom is 0.271 e. The molecule has 9 heteroatoms. The molecule has 1 aromatic heterocycles. The zero-order valence-corrected chi connectivity index (χ0v) is 18.6. The Morgan fingerprint density at radius 2 is 1.85 bits per heavy atom. The van der Waals surface area contributed by atoms with E-state index in [-0.39, 0.29) is 18.4 Å². The molecule has 3 aromatic carbocycles. The molecule has 0 spiro atoms. The summed E-state index contributed by atoms with van der Waals surface area (Å²) in [6, 6.07) is 17.7. The summed E-state index contributed by atoms with van der Waals surface area (Å²) in [5, 5.41) is 22.7. The first-order chi connectivity index (χ1) is 16.4. The van der Waals surface area contributed by atoms with Crippen LogP contribution in [-0.4, -0.2) is 46.5 Å². The highest BCUT2D eigenvalue weighted by atomic mass is 16.7. The van der Waals surface area contributed by atoms with Crippen LogP contribution in [0.5, 0.6) is 17.4 Å². The molecule has 2 N–H and O–H groups in total. The van der Waals surface area contributed by atoms with Crippen LogP contribution < -0.4 is 9.47 Å². The minimum Gasteiger partial charge on any atom is -0.494 e. The van der Waals surface area contributed by atoms with Crippen LogP contribution >= 0.6 is 0 Å². The average molecular weight is 458 g/mol. The Hall–Kier alpha value is -4.37. The molecule has 0 saturated carbocycles. The lowest BCUT2D eigenvalue weighted by Crippen LogP contribution is -2.10. The van der Waals surface area contributed by atoms with Crippen LogP contribution in [0.2, 0.25) is 0 Å². The van der Waals surface area contributed by atoms with Crippen LogP contribution in [0.3, 0.4) is 0 Å². The average Bonchev–Trinajstić information content (AvgIpc) is 3.40. The molecule has 4 aromatic rings.